The summed E-state index contributed by atoms with van der Waals surface area (Å²) in [6, 6.07) is 5.26. The molecule has 5 nitrogen and oxygen atoms in total. The summed E-state index contributed by atoms with van der Waals surface area (Å²) in [7, 11) is 1.34. The van der Waals surface area contributed by atoms with Crippen molar-refractivity contribution < 1.29 is 14.3 Å². The largest absolute Gasteiger partial charge is 0.491 e. The van der Waals surface area contributed by atoms with E-state index < -0.39 is 0 Å². The van der Waals surface area contributed by atoms with Gasteiger partial charge in [-0.05, 0) is 19.9 Å². The molecule has 0 atom stereocenters. The fourth-order valence-electron chi connectivity index (χ4n) is 1.31. The number of methoxy groups -OCH3 is 1. The Kier molecular flexibility index (Phi) is 4.63. The lowest BCUT2D eigenvalue weighted by molar-refractivity contribution is -0.138. The highest BCUT2D eigenvalue weighted by atomic mass is 16.5. The van der Waals surface area contributed by atoms with Crippen LogP contribution in [-0.2, 0) is 9.53 Å². The number of carbonyl (C=O) groups is 1. The third kappa shape index (κ3) is 4.63. The smallest absolute Gasteiger partial charge is 0.325 e. The van der Waals surface area contributed by atoms with Gasteiger partial charge in [0.25, 0.3) is 0 Å². The highest BCUT2D eigenvalue weighted by Crippen LogP contribution is 2.23. The number of nitrogens with two attached hydrogens (primary N) is 1. The van der Waals surface area contributed by atoms with Crippen molar-refractivity contribution in [1.82, 2.24) is 0 Å². The minimum absolute atomic E-state index is 0.0743. The highest BCUT2D eigenvalue weighted by molar-refractivity contribution is 5.75. The molecule has 0 fully saturated rings. The zero-order valence-electron chi connectivity index (χ0n) is 10.3. The van der Waals surface area contributed by atoms with Crippen molar-refractivity contribution in [2.24, 2.45) is 0 Å². The average molecular weight is 238 g/mol. The van der Waals surface area contributed by atoms with E-state index in [4.69, 9.17) is 10.5 Å². The summed E-state index contributed by atoms with van der Waals surface area (Å²) in [5.41, 5.74) is 7.04. The van der Waals surface area contributed by atoms with Crippen molar-refractivity contribution in [3.05, 3.63) is 18.2 Å². The molecule has 0 aromatic heterocycles. The van der Waals surface area contributed by atoms with Gasteiger partial charge in [-0.25, -0.2) is 0 Å². The molecule has 0 aliphatic carbocycles. The second kappa shape index (κ2) is 5.98. The maximum atomic E-state index is 11.0. The van der Waals surface area contributed by atoms with Gasteiger partial charge in [0.1, 0.15) is 12.3 Å². The van der Waals surface area contributed by atoms with Crippen LogP contribution in [0.4, 0.5) is 11.4 Å². The van der Waals surface area contributed by atoms with Gasteiger partial charge in [0.2, 0.25) is 0 Å². The van der Waals surface area contributed by atoms with Gasteiger partial charge >= 0.3 is 5.97 Å². The lowest BCUT2D eigenvalue weighted by atomic mass is 10.2. The van der Waals surface area contributed by atoms with Gasteiger partial charge in [0.15, 0.2) is 0 Å². The molecule has 0 unspecified atom stereocenters. The Labute approximate surface area is 101 Å². The van der Waals surface area contributed by atoms with Crippen molar-refractivity contribution in [1.29, 1.82) is 0 Å². The standard InChI is InChI=1S/C12H18N2O3/c1-8(2)17-11-5-9(13)4-10(6-11)14-7-12(15)16-3/h4-6,8,14H,7,13H2,1-3H3. The molecular formula is C12H18N2O3. The summed E-state index contributed by atoms with van der Waals surface area (Å²) < 4.78 is 10.1. The summed E-state index contributed by atoms with van der Waals surface area (Å²) >= 11 is 0. The molecule has 94 valence electrons. The molecule has 0 aliphatic heterocycles. The van der Waals surface area contributed by atoms with Crippen LogP contribution in [0.3, 0.4) is 0 Å². The number of nitrogens with one attached hydrogen (secondary N) is 1. The average Bonchev–Trinajstić information content (AvgIpc) is 2.24. The van der Waals surface area contributed by atoms with Gasteiger partial charge in [-0.3, -0.25) is 4.79 Å². The van der Waals surface area contributed by atoms with Crippen LogP contribution in [0.15, 0.2) is 18.2 Å². The van der Waals surface area contributed by atoms with Crippen molar-refractivity contribution >= 4 is 17.3 Å². The van der Waals surface area contributed by atoms with Crippen LogP contribution in [0, 0.1) is 0 Å². The Hall–Kier alpha value is -1.91. The number of ether oxygens (including phenoxy) is 2. The first-order valence-electron chi connectivity index (χ1n) is 5.39. The first kappa shape index (κ1) is 13.2. The third-order valence-electron chi connectivity index (χ3n) is 1.97. The molecule has 0 bridgehead atoms. The van der Waals surface area contributed by atoms with Gasteiger partial charge < -0.3 is 20.5 Å². The summed E-state index contributed by atoms with van der Waals surface area (Å²) in [6.07, 6.45) is 0.0743. The van der Waals surface area contributed by atoms with Crippen LogP contribution in [0.25, 0.3) is 0 Å². The predicted octanol–water partition coefficient (Wildman–Crippen LogP) is 1.64. The Bertz CT molecular complexity index is 391. The van der Waals surface area contributed by atoms with Crippen molar-refractivity contribution in [2.45, 2.75) is 20.0 Å². The maximum Gasteiger partial charge on any atom is 0.325 e. The molecule has 1 aromatic rings. The van der Waals surface area contributed by atoms with Gasteiger partial charge in [-0.2, -0.15) is 0 Å². The molecule has 0 aliphatic rings. The Morgan fingerprint density at radius 2 is 2.12 bits per heavy atom. The van der Waals surface area contributed by atoms with Gasteiger partial charge in [0.05, 0.1) is 13.2 Å². The lowest BCUT2D eigenvalue weighted by Gasteiger charge is -2.12. The van der Waals surface area contributed by atoms with E-state index in [9.17, 15) is 4.79 Å². The third-order valence-corrected chi connectivity index (χ3v) is 1.97. The first-order valence-corrected chi connectivity index (χ1v) is 5.39. The molecule has 0 spiro atoms. The number of esters is 1. The molecular weight excluding hydrogens is 220 g/mol. The maximum absolute atomic E-state index is 11.0. The molecule has 1 aromatic carbocycles. The molecule has 17 heavy (non-hydrogen) atoms. The minimum atomic E-state index is -0.334. The van der Waals surface area contributed by atoms with E-state index in [1.807, 2.05) is 13.8 Å². The Balaban J connectivity index is 2.71. The number of anilines is 2. The van der Waals surface area contributed by atoms with Crippen LogP contribution in [0.1, 0.15) is 13.8 Å². The first-order chi connectivity index (χ1) is 8.01. The number of hydrogen-bond donors (Lipinski definition) is 2. The van der Waals surface area contributed by atoms with Crippen molar-refractivity contribution in [2.75, 3.05) is 24.7 Å². The molecule has 0 saturated carbocycles. The second-order valence-electron chi connectivity index (χ2n) is 3.89. The normalized spacial score (nSPS) is 10.1. The number of benzene rings is 1. The molecule has 0 saturated heterocycles. The monoisotopic (exact) mass is 238 g/mol. The van der Waals surface area contributed by atoms with Gasteiger partial charge in [-0.1, -0.05) is 0 Å². The van der Waals surface area contributed by atoms with E-state index in [1.165, 1.54) is 7.11 Å². The van der Waals surface area contributed by atoms with Crippen LogP contribution < -0.4 is 15.8 Å². The fraction of sp³-hybridized carbons (Fsp3) is 0.417. The predicted molar refractivity (Wildman–Crippen MR) is 67.1 cm³/mol. The van der Waals surface area contributed by atoms with Crippen molar-refractivity contribution in [3.63, 3.8) is 0 Å². The highest BCUT2D eigenvalue weighted by Gasteiger charge is 2.04. The number of rotatable bonds is 5. The van der Waals surface area contributed by atoms with Crippen LogP contribution >= 0.6 is 0 Å². The molecule has 5 heteroatoms. The van der Waals surface area contributed by atoms with Gasteiger partial charge in [-0.15, -0.1) is 0 Å². The van der Waals surface area contributed by atoms with E-state index in [1.54, 1.807) is 18.2 Å². The van der Waals surface area contributed by atoms with E-state index in [2.05, 4.69) is 10.1 Å². The molecule has 0 heterocycles. The van der Waals surface area contributed by atoms with E-state index >= 15 is 0 Å². The molecule has 0 amide bonds. The van der Waals surface area contributed by atoms with Crippen LogP contribution in [0.5, 0.6) is 5.75 Å². The summed E-state index contributed by atoms with van der Waals surface area (Å²) in [5.74, 6) is 0.339. The van der Waals surface area contributed by atoms with Crippen molar-refractivity contribution in [3.8, 4) is 5.75 Å². The van der Waals surface area contributed by atoms with E-state index in [-0.39, 0.29) is 18.6 Å². The van der Waals surface area contributed by atoms with Gasteiger partial charge in [0, 0.05) is 23.5 Å². The number of carbonyl (C=O) groups excluding carboxylic acids is 1. The molecule has 3 N–H and O–H groups in total. The van der Waals surface area contributed by atoms with Crippen LogP contribution in [-0.4, -0.2) is 25.7 Å². The zero-order valence-corrected chi connectivity index (χ0v) is 10.3. The summed E-state index contributed by atoms with van der Waals surface area (Å²) in [6.45, 7) is 3.97. The number of nitrogen functional groups attached to an aromatic ring is 1. The Morgan fingerprint density at radius 1 is 1.41 bits per heavy atom. The zero-order chi connectivity index (χ0) is 12.8. The minimum Gasteiger partial charge on any atom is -0.491 e. The van der Waals surface area contributed by atoms with E-state index in [0.717, 1.165) is 5.69 Å². The fourth-order valence-corrected chi connectivity index (χ4v) is 1.31. The topological polar surface area (TPSA) is 73.6 Å². The summed E-state index contributed by atoms with van der Waals surface area (Å²) in [4.78, 5) is 11.0. The van der Waals surface area contributed by atoms with E-state index in [0.29, 0.717) is 11.4 Å². The Morgan fingerprint density at radius 3 is 2.71 bits per heavy atom. The summed E-state index contributed by atoms with van der Waals surface area (Å²) in [5, 5.41) is 2.92. The number of hydrogen-bond acceptors (Lipinski definition) is 5. The van der Waals surface area contributed by atoms with Crippen LogP contribution in [0.2, 0.25) is 0 Å². The molecule has 0 radical (unpaired) electrons. The second-order valence-corrected chi connectivity index (χ2v) is 3.89. The lowest BCUT2D eigenvalue weighted by Crippen LogP contribution is -2.15. The molecule has 1 rings (SSSR count). The SMILES string of the molecule is COC(=O)CNc1cc(N)cc(OC(C)C)c1. The quantitative estimate of drug-likeness (QED) is 0.602.